The van der Waals surface area contributed by atoms with Gasteiger partial charge in [-0.05, 0) is 59.7 Å². The second kappa shape index (κ2) is 6.25. The molecule has 3 heterocycles. The van der Waals surface area contributed by atoms with Crippen LogP contribution in [0.5, 0.6) is 0 Å². The van der Waals surface area contributed by atoms with E-state index in [1.54, 1.807) is 18.5 Å². The maximum Gasteiger partial charge on any atom is 0.250 e. The standard InChI is InChI=1S/C19H19N3O3S/c20-19(23)16-10-14(12-1-5-21-6-2-12)9-15-17(11-22-18(15)16)13-3-7-26(24,25)8-4-13/h1-2,5-6,9-11,13,22H,3-4,7-8H2,(H2,20,23). The molecule has 0 spiro atoms. The van der Waals surface area contributed by atoms with Crippen molar-refractivity contribution in [3.8, 4) is 11.1 Å². The van der Waals surface area contributed by atoms with E-state index in [1.807, 2.05) is 24.4 Å². The average Bonchev–Trinajstić information content (AvgIpc) is 3.05. The highest BCUT2D eigenvalue weighted by Gasteiger charge is 2.27. The average molecular weight is 369 g/mol. The van der Waals surface area contributed by atoms with Crippen LogP contribution in [-0.2, 0) is 9.84 Å². The SMILES string of the molecule is NC(=O)c1cc(-c2ccncc2)cc2c(C3CCS(=O)(=O)CC3)c[nH]c12. The number of hydrogen-bond donors (Lipinski definition) is 2. The first kappa shape index (κ1) is 16.8. The van der Waals surface area contributed by atoms with Gasteiger partial charge in [-0.1, -0.05) is 0 Å². The molecule has 1 saturated heterocycles. The molecule has 134 valence electrons. The summed E-state index contributed by atoms with van der Waals surface area (Å²) < 4.78 is 23.5. The maximum atomic E-state index is 12.0. The highest BCUT2D eigenvalue weighted by atomic mass is 32.2. The topological polar surface area (TPSA) is 106 Å². The fraction of sp³-hybridized carbons (Fsp3) is 0.263. The van der Waals surface area contributed by atoms with Gasteiger partial charge in [0.2, 0.25) is 0 Å². The van der Waals surface area contributed by atoms with Crippen molar-refractivity contribution in [1.29, 1.82) is 0 Å². The molecule has 7 heteroatoms. The van der Waals surface area contributed by atoms with Gasteiger partial charge in [-0.15, -0.1) is 0 Å². The highest BCUT2D eigenvalue weighted by molar-refractivity contribution is 7.91. The number of primary amides is 1. The zero-order chi connectivity index (χ0) is 18.3. The summed E-state index contributed by atoms with van der Waals surface area (Å²) in [6, 6.07) is 7.58. The Hall–Kier alpha value is -2.67. The first-order chi connectivity index (χ1) is 12.4. The number of carbonyl (C=O) groups is 1. The van der Waals surface area contributed by atoms with E-state index in [2.05, 4.69) is 9.97 Å². The number of rotatable bonds is 3. The number of carbonyl (C=O) groups excluding carboxylic acids is 1. The molecule has 3 aromatic rings. The number of nitrogens with zero attached hydrogens (tertiary/aromatic N) is 1. The van der Waals surface area contributed by atoms with Crippen LogP contribution in [0.1, 0.15) is 34.7 Å². The largest absolute Gasteiger partial charge is 0.366 e. The number of pyridine rings is 1. The molecule has 1 aromatic carbocycles. The lowest BCUT2D eigenvalue weighted by molar-refractivity contribution is 0.100. The van der Waals surface area contributed by atoms with E-state index in [-0.39, 0.29) is 17.4 Å². The molecule has 0 unspecified atom stereocenters. The zero-order valence-electron chi connectivity index (χ0n) is 14.1. The Morgan fingerprint density at radius 2 is 1.81 bits per heavy atom. The number of amides is 1. The van der Waals surface area contributed by atoms with E-state index in [4.69, 9.17) is 5.73 Å². The smallest absolute Gasteiger partial charge is 0.250 e. The Morgan fingerprint density at radius 1 is 1.12 bits per heavy atom. The molecule has 0 radical (unpaired) electrons. The Bertz CT molecular complexity index is 1070. The van der Waals surface area contributed by atoms with Crippen LogP contribution < -0.4 is 5.73 Å². The van der Waals surface area contributed by atoms with Crippen LogP contribution in [0, 0.1) is 0 Å². The monoisotopic (exact) mass is 369 g/mol. The van der Waals surface area contributed by atoms with E-state index in [0.29, 0.717) is 23.9 Å². The van der Waals surface area contributed by atoms with Crippen molar-refractivity contribution < 1.29 is 13.2 Å². The van der Waals surface area contributed by atoms with Crippen molar-refractivity contribution in [2.24, 2.45) is 5.73 Å². The fourth-order valence-electron chi connectivity index (χ4n) is 3.70. The van der Waals surface area contributed by atoms with Crippen molar-refractivity contribution in [2.45, 2.75) is 18.8 Å². The molecule has 1 aliphatic heterocycles. The number of sulfone groups is 1. The zero-order valence-corrected chi connectivity index (χ0v) is 14.9. The van der Waals surface area contributed by atoms with Crippen molar-refractivity contribution in [3.63, 3.8) is 0 Å². The first-order valence-corrected chi connectivity index (χ1v) is 10.3. The molecule has 0 aliphatic carbocycles. The molecule has 2 aromatic heterocycles. The Kier molecular flexibility index (Phi) is 4.03. The molecule has 4 rings (SSSR count). The fourth-order valence-corrected chi connectivity index (χ4v) is 5.19. The Balaban J connectivity index is 1.86. The van der Waals surface area contributed by atoms with E-state index in [9.17, 15) is 13.2 Å². The van der Waals surface area contributed by atoms with Crippen LogP contribution in [0.3, 0.4) is 0 Å². The summed E-state index contributed by atoms with van der Waals surface area (Å²) in [5.41, 5.74) is 9.62. The van der Waals surface area contributed by atoms with Crippen LogP contribution in [-0.4, -0.2) is 35.8 Å². The minimum Gasteiger partial charge on any atom is -0.366 e. The van der Waals surface area contributed by atoms with Crippen molar-refractivity contribution in [3.05, 3.63) is 54.0 Å². The van der Waals surface area contributed by atoms with Gasteiger partial charge in [0, 0.05) is 24.0 Å². The molecular formula is C19H19N3O3S. The molecule has 0 atom stereocenters. The lowest BCUT2D eigenvalue weighted by Gasteiger charge is -2.21. The molecule has 26 heavy (non-hydrogen) atoms. The van der Waals surface area contributed by atoms with Gasteiger partial charge in [0.15, 0.2) is 0 Å². The molecule has 0 saturated carbocycles. The van der Waals surface area contributed by atoms with E-state index >= 15 is 0 Å². The lowest BCUT2D eigenvalue weighted by Crippen LogP contribution is -2.22. The van der Waals surface area contributed by atoms with E-state index in [0.717, 1.165) is 22.1 Å². The summed E-state index contributed by atoms with van der Waals surface area (Å²) in [4.78, 5) is 19.2. The van der Waals surface area contributed by atoms with Gasteiger partial charge in [0.25, 0.3) is 5.91 Å². The number of aromatic nitrogens is 2. The van der Waals surface area contributed by atoms with Gasteiger partial charge >= 0.3 is 0 Å². The molecular weight excluding hydrogens is 350 g/mol. The Labute approximate surface area is 151 Å². The van der Waals surface area contributed by atoms with Gasteiger partial charge in [-0.3, -0.25) is 9.78 Å². The second-order valence-corrected chi connectivity index (χ2v) is 9.02. The third kappa shape index (κ3) is 2.99. The summed E-state index contributed by atoms with van der Waals surface area (Å²) in [5, 5.41) is 0.928. The highest BCUT2D eigenvalue weighted by Crippen LogP contribution is 2.37. The van der Waals surface area contributed by atoms with Gasteiger partial charge in [0.1, 0.15) is 9.84 Å². The predicted molar refractivity (Wildman–Crippen MR) is 101 cm³/mol. The summed E-state index contributed by atoms with van der Waals surface area (Å²) in [5.74, 6) is 0.0694. The van der Waals surface area contributed by atoms with Crippen molar-refractivity contribution in [1.82, 2.24) is 9.97 Å². The number of benzene rings is 1. The van der Waals surface area contributed by atoms with Gasteiger partial charge in [-0.25, -0.2) is 8.42 Å². The maximum absolute atomic E-state index is 12.0. The quantitative estimate of drug-likeness (QED) is 0.740. The van der Waals surface area contributed by atoms with Crippen LogP contribution in [0.4, 0.5) is 0 Å². The number of nitrogens with two attached hydrogens (primary N) is 1. The minimum atomic E-state index is -2.92. The third-order valence-electron chi connectivity index (χ3n) is 5.09. The molecule has 6 nitrogen and oxygen atoms in total. The second-order valence-electron chi connectivity index (χ2n) is 6.72. The third-order valence-corrected chi connectivity index (χ3v) is 6.81. The number of nitrogens with one attached hydrogen (secondary N) is 1. The van der Waals surface area contributed by atoms with Gasteiger partial charge in [-0.2, -0.15) is 0 Å². The van der Waals surface area contributed by atoms with Crippen LogP contribution in [0.2, 0.25) is 0 Å². The summed E-state index contributed by atoms with van der Waals surface area (Å²) in [7, 11) is -2.92. The lowest BCUT2D eigenvalue weighted by atomic mass is 9.91. The summed E-state index contributed by atoms with van der Waals surface area (Å²) in [6.07, 6.45) is 6.48. The van der Waals surface area contributed by atoms with Gasteiger partial charge < -0.3 is 10.7 Å². The molecule has 0 bridgehead atoms. The molecule has 1 fully saturated rings. The molecule has 1 amide bonds. The van der Waals surface area contributed by atoms with Crippen molar-refractivity contribution >= 4 is 26.6 Å². The van der Waals surface area contributed by atoms with Crippen LogP contribution in [0.15, 0.2) is 42.9 Å². The number of fused-ring (bicyclic) bond motifs is 1. The van der Waals surface area contributed by atoms with E-state index < -0.39 is 15.7 Å². The van der Waals surface area contributed by atoms with Crippen LogP contribution in [0.25, 0.3) is 22.0 Å². The summed E-state index contributed by atoms with van der Waals surface area (Å²) >= 11 is 0. The van der Waals surface area contributed by atoms with E-state index in [1.165, 1.54) is 0 Å². The Morgan fingerprint density at radius 3 is 2.46 bits per heavy atom. The first-order valence-electron chi connectivity index (χ1n) is 8.50. The summed E-state index contributed by atoms with van der Waals surface area (Å²) in [6.45, 7) is 0. The molecule has 3 N–H and O–H groups in total. The minimum absolute atomic E-state index is 0.153. The predicted octanol–water partition coefficient (Wildman–Crippen LogP) is 2.62. The van der Waals surface area contributed by atoms with Gasteiger partial charge in [0.05, 0.1) is 22.6 Å². The molecule has 1 aliphatic rings. The number of hydrogen-bond acceptors (Lipinski definition) is 4. The number of H-pyrrole nitrogens is 1. The van der Waals surface area contributed by atoms with Crippen LogP contribution >= 0.6 is 0 Å². The number of aromatic amines is 1. The van der Waals surface area contributed by atoms with Crippen molar-refractivity contribution in [2.75, 3.05) is 11.5 Å². The normalized spacial score (nSPS) is 17.4.